The highest BCUT2D eigenvalue weighted by Crippen LogP contribution is 2.33. The minimum atomic E-state index is -0.924. The lowest BCUT2D eigenvalue weighted by atomic mass is 10.2. The summed E-state index contributed by atoms with van der Waals surface area (Å²) in [4.78, 5) is 0. The molecule has 4 heteroatoms. The maximum Gasteiger partial charge on any atom is 0.204 e. The Morgan fingerprint density at radius 2 is 1.05 bits per heavy atom. The molecule has 1 aromatic rings. The van der Waals surface area contributed by atoms with Gasteiger partial charge in [-0.3, -0.25) is 0 Å². The van der Waals surface area contributed by atoms with Gasteiger partial charge in [-0.2, -0.15) is 8.78 Å². The van der Waals surface area contributed by atoms with Crippen LogP contribution >= 0.6 is 0 Å². The number of hydrogen-bond donors (Lipinski definition) is 0. The molecule has 1 aromatic carbocycles. The van der Waals surface area contributed by atoms with Crippen LogP contribution in [0.1, 0.15) is 51.4 Å². The second-order valence-electron chi connectivity index (χ2n) is 5.74. The SMILES string of the molecule is Fc1c(OC2CCCC2)ccc(OC2CCCC2)c1F. The van der Waals surface area contributed by atoms with Gasteiger partial charge in [-0.1, -0.05) is 0 Å². The maximum atomic E-state index is 14.0. The number of halogens is 2. The number of rotatable bonds is 4. The van der Waals surface area contributed by atoms with Crippen LogP contribution in [0.2, 0.25) is 0 Å². The van der Waals surface area contributed by atoms with Gasteiger partial charge < -0.3 is 9.47 Å². The van der Waals surface area contributed by atoms with Crippen LogP contribution in [0.25, 0.3) is 0 Å². The minimum Gasteiger partial charge on any atom is -0.487 e. The average Bonchev–Trinajstić information content (AvgIpc) is 3.12. The molecule has 0 radical (unpaired) electrons. The van der Waals surface area contributed by atoms with Crippen molar-refractivity contribution in [2.75, 3.05) is 0 Å². The first-order valence-electron chi connectivity index (χ1n) is 7.55. The summed E-state index contributed by atoms with van der Waals surface area (Å²) in [6.45, 7) is 0. The van der Waals surface area contributed by atoms with Crippen molar-refractivity contribution in [3.63, 3.8) is 0 Å². The van der Waals surface area contributed by atoms with Crippen LogP contribution in [0.15, 0.2) is 12.1 Å². The Morgan fingerprint density at radius 3 is 1.40 bits per heavy atom. The summed E-state index contributed by atoms with van der Waals surface area (Å²) in [6.07, 6.45) is 8.09. The van der Waals surface area contributed by atoms with Gasteiger partial charge in [-0.15, -0.1) is 0 Å². The third-order valence-corrected chi connectivity index (χ3v) is 4.20. The summed E-state index contributed by atoms with van der Waals surface area (Å²) in [5.41, 5.74) is 0. The molecule has 2 nitrogen and oxygen atoms in total. The summed E-state index contributed by atoms with van der Waals surface area (Å²) in [5.74, 6) is -1.83. The summed E-state index contributed by atoms with van der Waals surface area (Å²) in [7, 11) is 0. The summed E-state index contributed by atoms with van der Waals surface area (Å²) in [6, 6.07) is 2.97. The first-order valence-corrected chi connectivity index (χ1v) is 7.55. The number of benzene rings is 1. The Morgan fingerprint density at radius 1 is 0.700 bits per heavy atom. The van der Waals surface area contributed by atoms with Crippen molar-refractivity contribution in [3.05, 3.63) is 23.8 Å². The zero-order valence-electron chi connectivity index (χ0n) is 11.5. The highest BCUT2D eigenvalue weighted by molar-refractivity contribution is 5.35. The highest BCUT2D eigenvalue weighted by Gasteiger charge is 2.23. The normalized spacial score (nSPS) is 20.5. The van der Waals surface area contributed by atoms with Gasteiger partial charge in [0.1, 0.15) is 0 Å². The van der Waals surface area contributed by atoms with Crippen LogP contribution in [0, 0.1) is 11.6 Å². The summed E-state index contributed by atoms with van der Waals surface area (Å²) >= 11 is 0. The molecule has 0 amide bonds. The van der Waals surface area contributed by atoms with Crippen LogP contribution in [0.3, 0.4) is 0 Å². The molecule has 0 unspecified atom stereocenters. The number of hydrogen-bond acceptors (Lipinski definition) is 2. The second-order valence-corrected chi connectivity index (χ2v) is 5.74. The molecule has 0 N–H and O–H groups in total. The third-order valence-electron chi connectivity index (χ3n) is 4.20. The molecule has 2 aliphatic rings. The van der Waals surface area contributed by atoms with Gasteiger partial charge in [0.25, 0.3) is 0 Å². The van der Waals surface area contributed by atoms with Gasteiger partial charge >= 0.3 is 0 Å². The zero-order valence-corrected chi connectivity index (χ0v) is 11.5. The van der Waals surface area contributed by atoms with Crippen molar-refractivity contribution in [2.24, 2.45) is 0 Å². The molecule has 20 heavy (non-hydrogen) atoms. The molecular formula is C16H20F2O2. The topological polar surface area (TPSA) is 18.5 Å². The first-order chi connectivity index (χ1) is 9.74. The third kappa shape index (κ3) is 2.89. The zero-order chi connectivity index (χ0) is 13.9. The Kier molecular flexibility index (Phi) is 4.08. The van der Waals surface area contributed by atoms with Crippen molar-refractivity contribution in [1.29, 1.82) is 0 Å². The molecule has 2 fully saturated rings. The van der Waals surface area contributed by atoms with E-state index in [1.54, 1.807) is 0 Å². The maximum absolute atomic E-state index is 14.0. The van der Waals surface area contributed by atoms with Crippen LogP contribution in [0.5, 0.6) is 11.5 Å². The molecule has 2 saturated carbocycles. The van der Waals surface area contributed by atoms with E-state index in [4.69, 9.17) is 9.47 Å². The number of ether oxygens (including phenoxy) is 2. The lowest BCUT2D eigenvalue weighted by Gasteiger charge is -2.17. The fourth-order valence-electron chi connectivity index (χ4n) is 3.07. The molecule has 0 aliphatic heterocycles. The van der Waals surface area contributed by atoms with E-state index in [-0.39, 0.29) is 23.7 Å². The van der Waals surface area contributed by atoms with Crippen LogP contribution in [-0.2, 0) is 0 Å². The van der Waals surface area contributed by atoms with Crippen molar-refractivity contribution in [2.45, 2.75) is 63.6 Å². The monoisotopic (exact) mass is 282 g/mol. The molecule has 0 aromatic heterocycles. The van der Waals surface area contributed by atoms with E-state index in [0.717, 1.165) is 51.4 Å². The molecule has 0 atom stereocenters. The quantitative estimate of drug-likeness (QED) is 0.803. The van der Waals surface area contributed by atoms with E-state index in [9.17, 15) is 8.78 Å². The molecule has 2 aliphatic carbocycles. The van der Waals surface area contributed by atoms with Crippen molar-refractivity contribution in [3.8, 4) is 11.5 Å². The molecule has 3 rings (SSSR count). The molecule has 110 valence electrons. The van der Waals surface area contributed by atoms with E-state index < -0.39 is 11.6 Å². The van der Waals surface area contributed by atoms with Gasteiger partial charge in [0.05, 0.1) is 12.2 Å². The Labute approximate surface area is 118 Å². The fourth-order valence-corrected chi connectivity index (χ4v) is 3.07. The predicted octanol–water partition coefficient (Wildman–Crippen LogP) is 4.61. The van der Waals surface area contributed by atoms with Crippen molar-refractivity contribution >= 4 is 0 Å². The first kappa shape index (κ1) is 13.7. The average molecular weight is 282 g/mol. The van der Waals surface area contributed by atoms with Gasteiger partial charge in [0.2, 0.25) is 11.6 Å². The predicted molar refractivity (Wildman–Crippen MR) is 72.1 cm³/mol. The molecule has 0 saturated heterocycles. The smallest absolute Gasteiger partial charge is 0.204 e. The van der Waals surface area contributed by atoms with Crippen LogP contribution in [-0.4, -0.2) is 12.2 Å². The standard InChI is InChI=1S/C16H20F2O2/c17-15-13(19-11-5-1-2-6-11)9-10-14(16(15)18)20-12-7-3-4-8-12/h9-12H,1-8H2. The van der Waals surface area contributed by atoms with E-state index in [2.05, 4.69) is 0 Å². The van der Waals surface area contributed by atoms with E-state index >= 15 is 0 Å². The van der Waals surface area contributed by atoms with Gasteiger partial charge in [-0.25, -0.2) is 0 Å². The minimum absolute atomic E-state index is 0.00757. The Bertz CT molecular complexity index is 421. The molecular weight excluding hydrogens is 262 g/mol. The highest BCUT2D eigenvalue weighted by atomic mass is 19.2. The molecule has 0 heterocycles. The second kappa shape index (κ2) is 5.98. The van der Waals surface area contributed by atoms with Gasteiger partial charge in [0.15, 0.2) is 11.5 Å². The van der Waals surface area contributed by atoms with Gasteiger partial charge in [0, 0.05) is 0 Å². The lowest BCUT2D eigenvalue weighted by molar-refractivity contribution is 0.185. The van der Waals surface area contributed by atoms with E-state index in [1.165, 1.54) is 12.1 Å². The fraction of sp³-hybridized carbons (Fsp3) is 0.625. The summed E-state index contributed by atoms with van der Waals surface area (Å²) in [5, 5.41) is 0. The molecule has 0 bridgehead atoms. The van der Waals surface area contributed by atoms with Gasteiger partial charge in [-0.05, 0) is 63.5 Å². The van der Waals surface area contributed by atoms with E-state index in [1.807, 2.05) is 0 Å². The van der Waals surface area contributed by atoms with Crippen LogP contribution < -0.4 is 9.47 Å². The van der Waals surface area contributed by atoms with Crippen molar-refractivity contribution < 1.29 is 18.3 Å². The van der Waals surface area contributed by atoms with Crippen LogP contribution in [0.4, 0.5) is 8.78 Å². The largest absolute Gasteiger partial charge is 0.487 e. The molecule has 0 spiro atoms. The van der Waals surface area contributed by atoms with E-state index in [0.29, 0.717) is 0 Å². The lowest BCUT2D eigenvalue weighted by Crippen LogP contribution is -2.14. The van der Waals surface area contributed by atoms with Crippen molar-refractivity contribution in [1.82, 2.24) is 0 Å². The Hall–Kier alpha value is -1.32. The summed E-state index contributed by atoms with van der Waals surface area (Å²) < 4.78 is 39.1. The Balaban J connectivity index is 1.71.